The lowest BCUT2D eigenvalue weighted by Crippen LogP contribution is -2.45. The first-order chi connectivity index (χ1) is 13.5. The van der Waals surface area contributed by atoms with E-state index in [0.29, 0.717) is 13.0 Å². The van der Waals surface area contributed by atoms with Crippen molar-refractivity contribution in [2.75, 3.05) is 23.8 Å². The van der Waals surface area contributed by atoms with Crippen LogP contribution in [0, 0.1) is 0 Å². The average Bonchev–Trinajstić information content (AvgIpc) is 2.72. The molecule has 0 spiro atoms. The van der Waals surface area contributed by atoms with Crippen molar-refractivity contribution in [2.24, 2.45) is 0 Å². The molecular weight excluding hydrogens is 358 g/mol. The lowest BCUT2D eigenvalue weighted by atomic mass is 10.0. The number of carbonyl (C=O) groups is 1. The number of nitrogens with zero attached hydrogens (tertiary/aromatic N) is 2. The van der Waals surface area contributed by atoms with Crippen LogP contribution in [-0.4, -0.2) is 35.7 Å². The van der Waals surface area contributed by atoms with E-state index < -0.39 is 22.9 Å². The number of anilines is 2. The van der Waals surface area contributed by atoms with E-state index in [9.17, 15) is 19.5 Å². The highest BCUT2D eigenvalue weighted by Gasteiger charge is 2.28. The number of aliphatic carboxylic acids is 1. The number of carboxylic acid groups (broad SMARTS) is 1. The van der Waals surface area contributed by atoms with Crippen LogP contribution < -0.4 is 21.1 Å². The van der Waals surface area contributed by atoms with Crippen molar-refractivity contribution < 1.29 is 9.90 Å². The van der Waals surface area contributed by atoms with Crippen LogP contribution in [-0.2, 0) is 17.6 Å². The van der Waals surface area contributed by atoms with E-state index in [0.717, 1.165) is 11.1 Å². The van der Waals surface area contributed by atoms with E-state index >= 15 is 0 Å². The molecule has 1 unspecified atom stereocenters. The van der Waals surface area contributed by atoms with Crippen LogP contribution in [0.4, 0.5) is 11.4 Å². The van der Waals surface area contributed by atoms with Gasteiger partial charge in [0, 0.05) is 32.4 Å². The van der Waals surface area contributed by atoms with Gasteiger partial charge in [-0.2, -0.15) is 0 Å². The molecule has 7 heteroatoms. The molecule has 2 aromatic carbocycles. The third-order valence-electron chi connectivity index (χ3n) is 4.65. The van der Waals surface area contributed by atoms with Gasteiger partial charge in [0.25, 0.3) is 10.9 Å². The van der Waals surface area contributed by atoms with E-state index in [-0.39, 0.29) is 17.8 Å². The summed E-state index contributed by atoms with van der Waals surface area (Å²) >= 11 is 0. The van der Waals surface area contributed by atoms with Crippen molar-refractivity contribution in [3.63, 3.8) is 0 Å². The molecule has 0 radical (unpaired) electrons. The van der Waals surface area contributed by atoms with Crippen LogP contribution in [0.15, 0.2) is 64.4 Å². The molecule has 0 saturated heterocycles. The van der Waals surface area contributed by atoms with Crippen LogP contribution >= 0.6 is 0 Å². The van der Waals surface area contributed by atoms with Gasteiger partial charge in [0.05, 0.1) is 0 Å². The average molecular weight is 379 g/mol. The van der Waals surface area contributed by atoms with E-state index in [4.69, 9.17) is 0 Å². The highest BCUT2D eigenvalue weighted by molar-refractivity contribution is 5.83. The molecule has 3 aromatic rings. The van der Waals surface area contributed by atoms with Gasteiger partial charge in [-0.1, -0.05) is 30.3 Å². The zero-order chi connectivity index (χ0) is 20.1. The first kappa shape index (κ1) is 19.3. The minimum Gasteiger partial charge on any atom is -0.480 e. The maximum Gasteiger partial charge on any atom is 0.326 e. The fraction of sp³-hybridized carbons (Fsp3) is 0.238. The van der Waals surface area contributed by atoms with Gasteiger partial charge in [0.1, 0.15) is 17.4 Å². The summed E-state index contributed by atoms with van der Waals surface area (Å²) in [6.07, 6.45) is 4.26. The second-order valence-electron chi connectivity index (χ2n) is 6.63. The Kier molecular flexibility index (Phi) is 5.84. The molecule has 28 heavy (non-hydrogen) atoms. The van der Waals surface area contributed by atoms with Gasteiger partial charge in [-0.05, 0) is 29.7 Å². The SMILES string of the molecule is CN(CCc1ccncc1)c1c(NC(Cc2ccccc2)C(=O)O)c(=O)c1=O. The number of likely N-dealkylation sites (N-methyl/N-ethyl adjacent to an activating group) is 1. The Morgan fingerprint density at radius 3 is 2.39 bits per heavy atom. The smallest absolute Gasteiger partial charge is 0.326 e. The van der Waals surface area contributed by atoms with Gasteiger partial charge in [-0.25, -0.2) is 4.79 Å². The minimum absolute atomic E-state index is 0.0746. The summed E-state index contributed by atoms with van der Waals surface area (Å²) in [5.74, 6) is -1.08. The molecule has 0 fully saturated rings. The topological polar surface area (TPSA) is 99.6 Å². The Labute approximate surface area is 162 Å². The van der Waals surface area contributed by atoms with Crippen molar-refractivity contribution in [2.45, 2.75) is 18.9 Å². The number of benzene rings is 1. The molecular formula is C21H21N3O4. The van der Waals surface area contributed by atoms with Crippen LogP contribution in [0.2, 0.25) is 0 Å². The minimum atomic E-state index is -1.08. The molecule has 0 bridgehead atoms. The summed E-state index contributed by atoms with van der Waals surface area (Å²) in [5, 5.41) is 12.3. The Balaban J connectivity index is 1.73. The van der Waals surface area contributed by atoms with E-state index in [1.165, 1.54) is 0 Å². The molecule has 3 rings (SSSR count). The van der Waals surface area contributed by atoms with Crippen molar-refractivity contribution in [1.82, 2.24) is 4.98 Å². The third kappa shape index (κ3) is 4.25. The molecule has 0 aliphatic rings. The maximum absolute atomic E-state index is 12.1. The summed E-state index contributed by atoms with van der Waals surface area (Å²) in [6.45, 7) is 0.514. The maximum atomic E-state index is 12.1. The highest BCUT2D eigenvalue weighted by atomic mass is 16.4. The molecule has 2 N–H and O–H groups in total. The number of nitrogens with one attached hydrogen (secondary N) is 1. The lowest BCUT2D eigenvalue weighted by molar-refractivity contribution is -0.137. The molecule has 1 aromatic heterocycles. The summed E-state index contributed by atoms with van der Waals surface area (Å²) in [7, 11) is 1.72. The fourth-order valence-electron chi connectivity index (χ4n) is 3.06. The van der Waals surface area contributed by atoms with Gasteiger partial charge in [0.2, 0.25) is 0 Å². The molecule has 0 amide bonds. The number of hydrogen-bond donors (Lipinski definition) is 2. The number of carboxylic acids is 1. The zero-order valence-corrected chi connectivity index (χ0v) is 15.5. The molecule has 0 aliphatic heterocycles. The molecule has 1 atom stereocenters. The molecule has 1 heterocycles. The quantitative estimate of drug-likeness (QED) is 0.543. The normalized spacial score (nSPS) is 11.9. The first-order valence-corrected chi connectivity index (χ1v) is 8.94. The van der Waals surface area contributed by atoms with E-state index in [2.05, 4.69) is 10.3 Å². The Morgan fingerprint density at radius 2 is 1.75 bits per heavy atom. The second-order valence-corrected chi connectivity index (χ2v) is 6.63. The molecule has 7 nitrogen and oxygen atoms in total. The number of rotatable bonds is 9. The van der Waals surface area contributed by atoms with Crippen LogP contribution in [0.3, 0.4) is 0 Å². The van der Waals surface area contributed by atoms with Gasteiger partial charge in [-0.15, -0.1) is 0 Å². The van der Waals surface area contributed by atoms with E-state index in [1.54, 1.807) is 24.3 Å². The lowest BCUT2D eigenvalue weighted by Gasteiger charge is -2.25. The van der Waals surface area contributed by atoms with Crippen LogP contribution in [0.25, 0.3) is 0 Å². The van der Waals surface area contributed by atoms with Crippen molar-refractivity contribution in [1.29, 1.82) is 0 Å². The van der Waals surface area contributed by atoms with Crippen molar-refractivity contribution >= 4 is 17.3 Å². The predicted molar refractivity (Wildman–Crippen MR) is 108 cm³/mol. The summed E-state index contributed by atoms with van der Waals surface area (Å²) in [6, 6.07) is 11.9. The monoisotopic (exact) mass is 379 g/mol. The fourth-order valence-corrected chi connectivity index (χ4v) is 3.06. The second kappa shape index (κ2) is 8.47. The standard InChI is InChI=1S/C21H21N3O4/c1-24(12-9-14-7-10-22-11-8-14)18-17(19(25)20(18)26)23-16(21(27)28)13-15-5-3-2-4-6-15/h2-8,10-11,16,23H,9,12-13H2,1H3,(H,27,28). The first-order valence-electron chi connectivity index (χ1n) is 8.94. The molecule has 0 saturated carbocycles. The number of pyridine rings is 1. The van der Waals surface area contributed by atoms with Gasteiger partial charge in [0.15, 0.2) is 0 Å². The van der Waals surface area contributed by atoms with Crippen LogP contribution in [0.5, 0.6) is 0 Å². The summed E-state index contributed by atoms with van der Waals surface area (Å²) in [4.78, 5) is 41.5. The third-order valence-corrected chi connectivity index (χ3v) is 4.65. The number of hydrogen-bond acceptors (Lipinski definition) is 6. The summed E-state index contributed by atoms with van der Waals surface area (Å²) < 4.78 is 0. The van der Waals surface area contributed by atoms with Crippen LogP contribution in [0.1, 0.15) is 11.1 Å². The van der Waals surface area contributed by atoms with Gasteiger partial charge < -0.3 is 15.3 Å². The Bertz CT molecular complexity index is 1010. The predicted octanol–water partition coefficient (Wildman–Crippen LogP) is 1.46. The Morgan fingerprint density at radius 1 is 1.07 bits per heavy atom. The largest absolute Gasteiger partial charge is 0.480 e. The Hall–Kier alpha value is -3.48. The van der Waals surface area contributed by atoms with E-state index in [1.807, 2.05) is 42.5 Å². The zero-order valence-electron chi connectivity index (χ0n) is 15.5. The van der Waals surface area contributed by atoms with Gasteiger partial charge in [-0.3, -0.25) is 14.6 Å². The van der Waals surface area contributed by atoms with Gasteiger partial charge >= 0.3 is 5.97 Å². The molecule has 144 valence electrons. The molecule has 0 aliphatic carbocycles. The highest BCUT2D eigenvalue weighted by Crippen LogP contribution is 2.21. The van der Waals surface area contributed by atoms with Crippen molar-refractivity contribution in [3.8, 4) is 0 Å². The number of aromatic nitrogens is 1. The summed E-state index contributed by atoms with van der Waals surface area (Å²) in [5.41, 5.74) is 0.925. The van der Waals surface area contributed by atoms with Crippen molar-refractivity contribution in [3.05, 3.63) is 86.4 Å².